The number of nitrogens with one attached hydrogen (secondary N) is 1. The zero-order chi connectivity index (χ0) is 21.0. The van der Waals surface area contributed by atoms with Crippen LogP contribution in [0.25, 0.3) is 0 Å². The Kier molecular flexibility index (Phi) is 6.44. The summed E-state index contributed by atoms with van der Waals surface area (Å²) >= 11 is 0. The van der Waals surface area contributed by atoms with E-state index in [1.807, 2.05) is 25.1 Å². The standard InChI is InChI=1S/C21H26N2O5S/c1-4-22-29(25,26)17-10-9-15(3)18(13-17)21(24)23(5-2)14-16-7-6-8-19-20(16)28-12-11-27-19/h6-10,13,22H,4-5,11-12,14H2,1-3H3. The van der Waals surface area contributed by atoms with Crippen LogP contribution < -0.4 is 14.2 Å². The molecule has 1 aliphatic rings. The maximum Gasteiger partial charge on any atom is 0.254 e. The minimum Gasteiger partial charge on any atom is -0.486 e. The van der Waals surface area contributed by atoms with Gasteiger partial charge in [-0.3, -0.25) is 4.79 Å². The second-order valence-electron chi connectivity index (χ2n) is 6.74. The molecular formula is C21H26N2O5S. The minimum absolute atomic E-state index is 0.0816. The summed E-state index contributed by atoms with van der Waals surface area (Å²) in [6.07, 6.45) is 0. The average molecular weight is 419 g/mol. The molecule has 1 heterocycles. The lowest BCUT2D eigenvalue weighted by atomic mass is 10.1. The molecule has 156 valence electrons. The van der Waals surface area contributed by atoms with Crippen LogP contribution >= 0.6 is 0 Å². The van der Waals surface area contributed by atoms with Gasteiger partial charge in [-0.05, 0) is 37.6 Å². The third-order valence-electron chi connectivity index (χ3n) is 4.76. The minimum atomic E-state index is -3.64. The van der Waals surface area contributed by atoms with Crippen LogP contribution in [-0.2, 0) is 16.6 Å². The maximum atomic E-state index is 13.2. The number of carbonyl (C=O) groups is 1. The summed E-state index contributed by atoms with van der Waals surface area (Å²) in [7, 11) is -3.64. The first-order valence-corrected chi connectivity index (χ1v) is 11.1. The van der Waals surface area contributed by atoms with Gasteiger partial charge >= 0.3 is 0 Å². The number of sulfonamides is 1. The highest BCUT2D eigenvalue weighted by Gasteiger charge is 2.23. The van der Waals surface area contributed by atoms with E-state index in [1.165, 1.54) is 12.1 Å². The zero-order valence-electron chi connectivity index (χ0n) is 16.9. The molecular weight excluding hydrogens is 392 g/mol. The topological polar surface area (TPSA) is 84.9 Å². The Morgan fingerprint density at radius 1 is 1.14 bits per heavy atom. The van der Waals surface area contributed by atoms with Crippen molar-refractivity contribution in [3.05, 3.63) is 53.1 Å². The van der Waals surface area contributed by atoms with E-state index in [1.54, 1.807) is 24.8 Å². The van der Waals surface area contributed by atoms with E-state index in [-0.39, 0.29) is 17.3 Å². The Morgan fingerprint density at radius 2 is 1.90 bits per heavy atom. The van der Waals surface area contributed by atoms with Crippen LogP contribution in [0.3, 0.4) is 0 Å². The van der Waals surface area contributed by atoms with Gasteiger partial charge in [-0.15, -0.1) is 0 Å². The first-order valence-electron chi connectivity index (χ1n) is 9.64. The van der Waals surface area contributed by atoms with Crippen LogP contribution in [0.4, 0.5) is 0 Å². The molecule has 0 saturated heterocycles. The number of amides is 1. The molecule has 2 aromatic carbocycles. The van der Waals surface area contributed by atoms with E-state index in [0.717, 1.165) is 11.1 Å². The third-order valence-corrected chi connectivity index (χ3v) is 6.31. The molecule has 1 N–H and O–H groups in total. The summed E-state index contributed by atoms with van der Waals surface area (Å²) in [6, 6.07) is 10.2. The fourth-order valence-corrected chi connectivity index (χ4v) is 4.30. The summed E-state index contributed by atoms with van der Waals surface area (Å²) in [5.41, 5.74) is 1.94. The lowest BCUT2D eigenvalue weighted by Gasteiger charge is -2.26. The number of carbonyl (C=O) groups excluding carboxylic acids is 1. The normalized spacial score (nSPS) is 13.2. The van der Waals surface area contributed by atoms with Crippen molar-refractivity contribution >= 4 is 15.9 Å². The lowest BCUT2D eigenvalue weighted by molar-refractivity contribution is 0.0748. The molecule has 3 rings (SSSR count). The van der Waals surface area contributed by atoms with Crippen LogP contribution in [0, 0.1) is 6.92 Å². The summed E-state index contributed by atoms with van der Waals surface area (Å²) in [5.74, 6) is 1.10. The van der Waals surface area contributed by atoms with Gasteiger partial charge in [0.2, 0.25) is 10.0 Å². The molecule has 0 fully saturated rings. The molecule has 0 bridgehead atoms. The molecule has 0 spiro atoms. The first kappa shape index (κ1) is 21.1. The predicted molar refractivity (Wildman–Crippen MR) is 110 cm³/mol. The summed E-state index contributed by atoms with van der Waals surface area (Å²) in [5, 5.41) is 0. The first-order chi connectivity index (χ1) is 13.9. The number of hydrogen-bond acceptors (Lipinski definition) is 5. The summed E-state index contributed by atoms with van der Waals surface area (Å²) < 4.78 is 38.5. The second-order valence-corrected chi connectivity index (χ2v) is 8.51. The van der Waals surface area contributed by atoms with Gasteiger partial charge in [-0.25, -0.2) is 13.1 Å². The fourth-order valence-electron chi connectivity index (χ4n) is 3.23. The molecule has 1 amide bonds. The number of benzene rings is 2. The number of para-hydroxylation sites is 1. The Hall–Kier alpha value is -2.58. The number of rotatable bonds is 7. The van der Waals surface area contributed by atoms with Crippen molar-refractivity contribution in [1.82, 2.24) is 9.62 Å². The lowest BCUT2D eigenvalue weighted by Crippen LogP contribution is -2.32. The molecule has 0 saturated carbocycles. The largest absolute Gasteiger partial charge is 0.486 e. The van der Waals surface area contributed by atoms with E-state index in [4.69, 9.17) is 9.47 Å². The Balaban J connectivity index is 1.91. The van der Waals surface area contributed by atoms with Crippen LogP contribution in [0.2, 0.25) is 0 Å². The van der Waals surface area contributed by atoms with Gasteiger partial charge in [0.15, 0.2) is 11.5 Å². The molecule has 7 nitrogen and oxygen atoms in total. The Bertz CT molecular complexity index is 1000. The summed E-state index contributed by atoms with van der Waals surface area (Å²) in [6.45, 7) is 7.45. The van der Waals surface area contributed by atoms with Gasteiger partial charge in [0.05, 0.1) is 4.90 Å². The molecule has 29 heavy (non-hydrogen) atoms. The molecule has 0 aliphatic carbocycles. The highest BCUT2D eigenvalue weighted by Crippen LogP contribution is 2.34. The number of fused-ring (bicyclic) bond motifs is 1. The monoisotopic (exact) mass is 418 g/mol. The Morgan fingerprint density at radius 3 is 2.62 bits per heavy atom. The van der Waals surface area contributed by atoms with Crippen molar-refractivity contribution < 1.29 is 22.7 Å². The third kappa shape index (κ3) is 4.54. The highest BCUT2D eigenvalue weighted by atomic mass is 32.2. The molecule has 0 radical (unpaired) electrons. The molecule has 0 atom stereocenters. The quantitative estimate of drug-likeness (QED) is 0.747. The van der Waals surface area contributed by atoms with Crippen molar-refractivity contribution in [2.24, 2.45) is 0 Å². The van der Waals surface area contributed by atoms with Gasteiger partial charge in [0, 0.05) is 30.8 Å². The van der Waals surface area contributed by atoms with Crippen molar-refractivity contribution in [3.8, 4) is 11.5 Å². The van der Waals surface area contributed by atoms with Gasteiger partial charge in [-0.2, -0.15) is 0 Å². The van der Waals surface area contributed by atoms with Crippen molar-refractivity contribution in [1.29, 1.82) is 0 Å². The van der Waals surface area contributed by atoms with Crippen LogP contribution in [0.1, 0.15) is 35.3 Å². The highest BCUT2D eigenvalue weighted by molar-refractivity contribution is 7.89. The maximum absolute atomic E-state index is 13.2. The van der Waals surface area contributed by atoms with Gasteiger partial charge in [-0.1, -0.05) is 25.1 Å². The number of nitrogens with zero attached hydrogens (tertiary/aromatic N) is 1. The van der Waals surface area contributed by atoms with Crippen molar-refractivity contribution in [2.45, 2.75) is 32.2 Å². The van der Waals surface area contributed by atoms with E-state index in [2.05, 4.69) is 4.72 Å². The summed E-state index contributed by atoms with van der Waals surface area (Å²) in [4.78, 5) is 15.0. The van der Waals surface area contributed by atoms with Crippen LogP contribution in [-0.4, -0.2) is 45.5 Å². The number of ether oxygens (including phenoxy) is 2. The van der Waals surface area contributed by atoms with Crippen molar-refractivity contribution in [3.63, 3.8) is 0 Å². The Labute approximate surface area is 171 Å². The van der Waals surface area contributed by atoms with Crippen LogP contribution in [0.15, 0.2) is 41.3 Å². The zero-order valence-corrected chi connectivity index (χ0v) is 17.7. The van der Waals surface area contributed by atoms with E-state index in [0.29, 0.717) is 43.4 Å². The smallest absolute Gasteiger partial charge is 0.254 e. The second kappa shape index (κ2) is 8.84. The van der Waals surface area contributed by atoms with Gasteiger partial charge in [0.1, 0.15) is 13.2 Å². The molecule has 2 aromatic rings. The SMILES string of the molecule is CCNS(=O)(=O)c1ccc(C)c(C(=O)N(CC)Cc2cccc3c2OCCO3)c1. The molecule has 8 heteroatoms. The van der Waals surface area contributed by atoms with E-state index >= 15 is 0 Å². The van der Waals surface area contributed by atoms with E-state index in [9.17, 15) is 13.2 Å². The van der Waals surface area contributed by atoms with Gasteiger partial charge in [0.25, 0.3) is 5.91 Å². The fraction of sp³-hybridized carbons (Fsp3) is 0.381. The van der Waals surface area contributed by atoms with Gasteiger partial charge < -0.3 is 14.4 Å². The predicted octanol–water partition coefficient (Wildman–Crippen LogP) is 2.73. The number of hydrogen-bond donors (Lipinski definition) is 1. The van der Waals surface area contributed by atoms with E-state index < -0.39 is 10.0 Å². The number of aryl methyl sites for hydroxylation is 1. The van der Waals surface area contributed by atoms with Crippen LogP contribution in [0.5, 0.6) is 11.5 Å². The molecule has 0 unspecified atom stereocenters. The molecule has 0 aromatic heterocycles. The van der Waals surface area contributed by atoms with Crippen molar-refractivity contribution in [2.75, 3.05) is 26.3 Å². The average Bonchev–Trinajstić information content (AvgIpc) is 2.71. The molecule has 1 aliphatic heterocycles.